The lowest BCUT2D eigenvalue weighted by atomic mass is 10.9. The molecule has 0 nitrogen and oxygen atoms in total. The molecule has 0 aliphatic rings. The summed E-state index contributed by atoms with van der Waals surface area (Å²) in [6.07, 6.45) is 0. The zero-order chi connectivity index (χ0) is 6.08. The molecule has 1 unspecified atom stereocenters. The fourth-order valence-corrected chi connectivity index (χ4v) is 0. The summed E-state index contributed by atoms with van der Waals surface area (Å²) in [4.78, 5) is 0. The molecule has 0 bridgehead atoms. The van der Waals surface area contributed by atoms with E-state index in [0.29, 0.717) is 0 Å². The van der Waals surface area contributed by atoms with E-state index in [9.17, 15) is 0 Å². The highest BCUT2D eigenvalue weighted by Gasteiger charge is 2.26. The summed E-state index contributed by atoms with van der Waals surface area (Å²) in [6.45, 7) is 0. The van der Waals surface area contributed by atoms with Gasteiger partial charge in [0.1, 0.15) is 4.29 Å². The van der Waals surface area contributed by atoms with E-state index in [2.05, 4.69) is 47.8 Å². The van der Waals surface area contributed by atoms with Gasteiger partial charge in [-0.15, -0.1) is 11.6 Å². The minimum atomic E-state index is -0.721. The van der Waals surface area contributed by atoms with Gasteiger partial charge in [-0.3, -0.25) is 0 Å². The molecule has 0 amide bonds. The van der Waals surface area contributed by atoms with Gasteiger partial charge in [0.05, 0.1) is 0 Å². The number of alkyl halides is 5. The highest BCUT2D eigenvalue weighted by atomic mass is 79.9. The van der Waals surface area contributed by atoms with Crippen LogP contribution in [0.1, 0.15) is 0 Å². The Labute approximate surface area is 77.3 Å². The Morgan fingerprint density at radius 2 is 1.57 bits per heavy atom. The van der Waals surface area contributed by atoms with E-state index in [0.717, 1.165) is 0 Å². The zero-order valence-corrected chi connectivity index (χ0v) is 9.24. The average Bonchev–Trinajstić information content (AvgIpc) is 1.31. The molecule has 0 rings (SSSR count). The molecule has 5 heteroatoms. The molecule has 0 aliphatic carbocycles. The van der Waals surface area contributed by atoms with Crippen LogP contribution in [-0.4, -0.2) is 6.98 Å². The highest BCUT2D eigenvalue weighted by molar-refractivity contribution is 9.27. The van der Waals surface area contributed by atoms with Gasteiger partial charge < -0.3 is 0 Å². The molecule has 0 aliphatic heterocycles. The molecule has 0 aromatic heterocycles. The highest BCUT2D eigenvalue weighted by Crippen LogP contribution is 2.40. The summed E-state index contributed by atoms with van der Waals surface area (Å²) in [5.41, 5.74) is 0. The topological polar surface area (TPSA) is 0 Å². The van der Waals surface area contributed by atoms with Crippen LogP contribution in [0.5, 0.6) is 0 Å². The van der Waals surface area contributed by atoms with Gasteiger partial charge in [-0.1, -0.05) is 59.4 Å². The van der Waals surface area contributed by atoms with Crippen LogP contribution in [0.2, 0.25) is 0 Å². The summed E-state index contributed by atoms with van der Waals surface area (Å²) >= 11 is 20.1. The molecule has 0 heterocycles. The van der Waals surface area contributed by atoms with Crippen molar-refractivity contribution in [3.8, 4) is 0 Å². The van der Waals surface area contributed by atoms with Gasteiger partial charge in [0.15, 0.2) is 2.69 Å². The number of halogens is 5. The second kappa shape index (κ2) is 3.25. The number of hydrogen-bond donors (Lipinski definition) is 0. The van der Waals surface area contributed by atoms with Crippen molar-refractivity contribution >= 4 is 71.0 Å². The Bertz CT molecular complexity index is 56.4. The molecule has 0 saturated carbocycles. The van der Waals surface area contributed by atoms with Crippen LogP contribution in [0, 0.1) is 0 Å². The van der Waals surface area contributed by atoms with Gasteiger partial charge >= 0.3 is 0 Å². The molecular weight excluding hydrogens is 335 g/mol. The van der Waals surface area contributed by atoms with E-state index in [1.807, 2.05) is 0 Å². The van der Waals surface area contributed by atoms with Crippen molar-refractivity contribution in [2.24, 2.45) is 0 Å². The van der Waals surface area contributed by atoms with Crippen molar-refractivity contribution in [2.45, 2.75) is 6.98 Å². The maximum absolute atomic E-state index is 5.52. The van der Waals surface area contributed by atoms with E-state index in [4.69, 9.17) is 23.2 Å². The van der Waals surface area contributed by atoms with Gasteiger partial charge in [-0.2, -0.15) is 0 Å². The van der Waals surface area contributed by atoms with Crippen LogP contribution in [-0.2, 0) is 0 Å². The standard InChI is InChI=1S/C2HBr3Cl2/c3-1(6)2(4,5)7/h1H. The summed E-state index contributed by atoms with van der Waals surface area (Å²) in [6, 6.07) is 0. The molecule has 0 saturated heterocycles. The van der Waals surface area contributed by atoms with E-state index in [1.165, 1.54) is 0 Å². The van der Waals surface area contributed by atoms with Crippen molar-refractivity contribution < 1.29 is 0 Å². The van der Waals surface area contributed by atoms with Crippen LogP contribution >= 0.6 is 71.0 Å². The van der Waals surface area contributed by atoms with Crippen molar-refractivity contribution in [1.82, 2.24) is 0 Å². The predicted molar refractivity (Wildman–Crippen MR) is 45.0 cm³/mol. The lowest BCUT2D eigenvalue weighted by molar-refractivity contribution is 1.31. The SMILES string of the molecule is ClC(Br)C(Cl)(Br)Br. The normalized spacial score (nSPS) is 16.7. The predicted octanol–water partition coefficient (Wildman–Crippen LogP) is 3.63. The summed E-state index contributed by atoms with van der Waals surface area (Å²) < 4.78 is -1.04. The number of hydrogen-bond acceptors (Lipinski definition) is 0. The van der Waals surface area contributed by atoms with E-state index in [1.54, 1.807) is 0 Å². The first-order valence-electron chi connectivity index (χ1n) is 1.29. The quantitative estimate of drug-likeness (QED) is 0.642. The van der Waals surface area contributed by atoms with Gasteiger partial charge in [0, 0.05) is 0 Å². The maximum atomic E-state index is 5.52. The third-order valence-electron chi connectivity index (χ3n) is 0.247. The molecule has 0 aromatic carbocycles. The lowest BCUT2D eigenvalue weighted by Gasteiger charge is -2.10. The van der Waals surface area contributed by atoms with Crippen LogP contribution < -0.4 is 0 Å². The minimum absolute atomic E-state index is 0.318. The van der Waals surface area contributed by atoms with Crippen molar-refractivity contribution in [3.63, 3.8) is 0 Å². The molecule has 44 valence electrons. The Kier molecular flexibility index (Phi) is 4.19. The van der Waals surface area contributed by atoms with E-state index >= 15 is 0 Å². The third kappa shape index (κ3) is 4.52. The fourth-order valence-electron chi connectivity index (χ4n) is 0. The fraction of sp³-hybridized carbons (Fsp3) is 1.00. The monoisotopic (exact) mass is 332 g/mol. The van der Waals surface area contributed by atoms with E-state index < -0.39 is 2.69 Å². The average molecular weight is 336 g/mol. The van der Waals surface area contributed by atoms with Crippen LogP contribution in [0.4, 0.5) is 0 Å². The van der Waals surface area contributed by atoms with Crippen LogP contribution in [0.3, 0.4) is 0 Å². The molecule has 7 heavy (non-hydrogen) atoms. The first-order chi connectivity index (χ1) is 2.94. The largest absolute Gasteiger partial charge is 0.179 e. The van der Waals surface area contributed by atoms with Gasteiger partial charge in [0.25, 0.3) is 0 Å². The molecule has 0 radical (unpaired) electrons. The van der Waals surface area contributed by atoms with Gasteiger partial charge in [-0.05, 0) is 0 Å². The Morgan fingerprint density at radius 1 is 1.43 bits per heavy atom. The first kappa shape index (κ1) is 9.02. The molecular formula is C2HBr3Cl2. The molecule has 0 fully saturated rings. The molecule has 1 atom stereocenters. The minimum Gasteiger partial charge on any atom is -0.107 e. The molecule has 0 spiro atoms. The zero-order valence-electron chi connectivity index (χ0n) is 2.97. The summed E-state index contributed by atoms with van der Waals surface area (Å²) in [5, 5.41) is 0. The Hall–Kier alpha value is 2.02. The smallest absolute Gasteiger partial charge is 0.107 e. The summed E-state index contributed by atoms with van der Waals surface area (Å²) in [5.74, 6) is 0. The van der Waals surface area contributed by atoms with Crippen LogP contribution in [0.25, 0.3) is 0 Å². The van der Waals surface area contributed by atoms with Gasteiger partial charge in [0.2, 0.25) is 0 Å². The molecule has 0 aromatic rings. The van der Waals surface area contributed by atoms with Crippen molar-refractivity contribution in [1.29, 1.82) is 0 Å². The Morgan fingerprint density at radius 3 is 1.57 bits per heavy atom. The second-order valence-electron chi connectivity index (χ2n) is 0.842. The first-order valence-corrected chi connectivity index (χ1v) is 4.61. The van der Waals surface area contributed by atoms with E-state index in [-0.39, 0.29) is 4.29 Å². The van der Waals surface area contributed by atoms with Crippen molar-refractivity contribution in [2.75, 3.05) is 0 Å². The maximum Gasteiger partial charge on any atom is 0.179 e. The lowest BCUT2D eigenvalue weighted by Crippen LogP contribution is -2.09. The van der Waals surface area contributed by atoms with Crippen LogP contribution in [0.15, 0.2) is 0 Å². The molecule has 0 N–H and O–H groups in total. The Balaban J connectivity index is 3.54. The number of rotatable bonds is 1. The van der Waals surface area contributed by atoms with Crippen molar-refractivity contribution in [3.05, 3.63) is 0 Å². The second-order valence-corrected chi connectivity index (χ2v) is 7.80. The van der Waals surface area contributed by atoms with Gasteiger partial charge in [-0.25, -0.2) is 0 Å². The summed E-state index contributed by atoms with van der Waals surface area (Å²) in [7, 11) is 0. The third-order valence-corrected chi connectivity index (χ3v) is 4.53.